The molecule has 0 atom stereocenters. The predicted molar refractivity (Wildman–Crippen MR) is 96.6 cm³/mol. The highest BCUT2D eigenvalue weighted by Crippen LogP contribution is 2.29. The Bertz CT molecular complexity index is 810. The van der Waals surface area contributed by atoms with Crippen LogP contribution in [-0.2, 0) is 4.79 Å². The maximum Gasteiger partial charge on any atom is 0.239 e. The van der Waals surface area contributed by atoms with E-state index in [2.05, 4.69) is 20.5 Å². The van der Waals surface area contributed by atoms with Gasteiger partial charge >= 0.3 is 0 Å². The zero-order chi connectivity index (χ0) is 17.1. The maximum absolute atomic E-state index is 12.6. The van der Waals surface area contributed by atoms with E-state index in [0.29, 0.717) is 11.7 Å². The number of thiazole rings is 1. The Morgan fingerprint density at radius 3 is 2.88 bits per heavy atom. The van der Waals surface area contributed by atoms with Crippen molar-refractivity contribution in [2.24, 2.45) is 0 Å². The highest BCUT2D eigenvalue weighted by molar-refractivity contribution is 7.99. The number of fused-ring (bicyclic) bond motifs is 1. The predicted octanol–water partition coefficient (Wildman–Crippen LogP) is 3.01. The van der Waals surface area contributed by atoms with Crippen LogP contribution in [0.5, 0.6) is 0 Å². The normalized spacial score (nSPS) is 11.3. The van der Waals surface area contributed by atoms with Gasteiger partial charge in [0.25, 0.3) is 0 Å². The molecule has 0 fully saturated rings. The number of para-hydroxylation sites is 1. The lowest BCUT2D eigenvalue weighted by Crippen LogP contribution is -2.32. The fourth-order valence-corrected chi connectivity index (χ4v) is 4.13. The molecule has 0 bridgehead atoms. The van der Waals surface area contributed by atoms with Crippen LogP contribution >= 0.6 is 23.1 Å². The van der Waals surface area contributed by atoms with Crippen LogP contribution in [0.4, 0.5) is 5.13 Å². The Morgan fingerprint density at radius 2 is 2.17 bits per heavy atom. The summed E-state index contributed by atoms with van der Waals surface area (Å²) in [7, 11) is 0. The molecule has 1 aromatic carbocycles. The summed E-state index contributed by atoms with van der Waals surface area (Å²) in [5, 5.41) is 13.0. The van der Waals surface area contributed by atoms with Gasteiger partial charge in [-0.1, -0.05) is 35.2 Å². The number of anilines is 1. The van der Waals surface area contributed by atoms with Gasteiger partial charge in [0.1, 0.15) is 0 Å². The summed E-state index contributed by atoms with van der Waals surface area (Å²) in [5.41, 5.74) is 0.917. The fraction of sp³-hybridized carbons (Fsp3) is 0.400. The van der Waals surface area contributed by atoms with Crippen molar-refractivity contribution in [3.05, 3.63) is 24.3 Å². The van der Waals surface area contributed by atoms with E-state index in [9.17, 15) is 4.79 Å². The number of hydrogen-bond acceptors (Lipinski definition) is 7. The average molecular weight is 362 g/mol. The van der Waals surface area contributed by atoms with E-state index in [1.54, 1.807) is 9.58 Å². The van der Waals surface area contributed by atoms with Gasteiger partial charge in [-0.05, 0) is 43.3 Å². The van der Waals surface area contributed by atoms with Gasteiger partial charge in [0, 0.05) is 6.54 Å². The number of carbonyl (C=O) groups excluding carboxylic acids is 1. The number of benzene rings is 1. The topological polar surface area (TPSA) is 76.8 Å². The Morgan fingerprint density at radius 1 is 1.38 bits per heavy atom. The Hall–Kier alpha value is -2.00. The summed E-state index contributed by atoms with van der Waals surface area (Å²) in [6, 6.07) is 8.05. The van der Waals surface area contributed by atoms with E-state index in [4.69, 9.17) is 0 Å². The van der Waals surface area contributed by atoms with Crippen LogP contribution in [0.3, 0.4) is 0 Å². The van der Waals surface area contributed by atoms with Crippen LogP contribution < -0.4 is 4.90 Å². The minimum absolute atomic E-state index is 0.000128. The molecule has 7 nitrogen and oxygen atoms in total. The molecule has 2 heterocycles. The third-order valence-corrected chi connectivity index (χ3v) is 5.38. The number of tetrazole rings is 1. The van der Waals surface area contributed by atoms with Gasteiger partial charge in [-0.3, -0.25) is 9.69 Å². The lowest BCUT2D eigenvalue weighted by Gasteiger charge is -2.17. The van der Waals surface area contributed by atoms with Crippen LogP contribution in [0.15, 0.2) is 29.4 Å². The van der Waals surface area contributed by atoms with E-state index in [1.807, 2.05) is 45.0 Å². The van der Waals surface area contributed by atoms with E-state index >= 15 is 0 Å². The third kappa shape index (κ3) is 3.41. The first kappa shape index (κ1) is 16.8. The van der Waals surface area contributed by atoms with Crippen molar-refractivity contribution in [3.63, 3.8) is 0 Å². The van der Waals surface area contributed by atoms with Crippen molar-refractivity contribution in [3.8, 4) is 0 Å². The first-order valence-corrected chi connectivity index (χ1v) is 9.47. The van der Waals surface area contributed by atoms with Gasteiger partial charge in [0.05, 0.1) is 22.0 Å². The number of aromatic nitrogens is 5. The highest BCUT2D eigenvalue weighted by atomic mass is 32.2. The van der Waals surface area contributed by atoms with Crippen LogP contribution in [0, 0.1) is 0 Å². The Labute approximate surface area is 148 Å². The minimum atomic E-state index is -0.000128. The molecule has 0 spiro atoms. The van der Waals surface area contributed by atoms with Gasteiger partial charge < -0.3 is 0 Å². The molecule has 0 unspecified atom stereocenters. The third-order valence-electron chi connectivity index (χ3n) is 3.41. The van der Waals surface area contributed by atoms with Gasteiger partial charge in [0.2, 0.25) is 11.1 Å². The SMILES string of the molecule is CCN(C(=O)CSc1nnnn1C(C)C)c1nc2ccccc2s1. The molecule has 2 aromatic heterocycles. The molecular formula is C15H18N6OS2. The summed E-state index contributed by atoms with van der Waals surface area (Å²) < 4.78 is 2.79. The molecule has 1 amide bonds. The number of amides is 1. The van der Waals surface area contributed by atoms with Gasteiger partial charge in [-0.2, -0.15) is 0 Å². The van der Waals surface area contributed by atoms with Crippen LogP contribution in [-0.4, -0.2) is 43.4 Å². The standard InChI is InChI=1S/C15H18N6OS2/c1-4-20(14-16-11-7-5-6-8-12(11)24-14)13(22)9-23-15-17-18-19-21(15)10(2)3/h5-8,10H,4,9H2,1-3H3. The van der Waals surface area contributed by atoms with E-state index < -0.39 is 0 Å². The summed E-state index contributed by atoms with van der Waals surface area (Å²) in [5.74, 6) is 0.275. The number of nitrogens with zero attached hydrogens (tertiary/aromatic N) is 6. The van der Waals surface area contributed by atoms with Crippen molar-refractivity contribution in [2.45, 2.75) is 32.0 Å². The van der Waals surface area contributed by atoms with Gasteiger partial charge in [-0.25, -0.2) is 9.67 Å². The van der Waals surface area contributed by atoms with Crippen molar-refractivity contribution < 1.29 is 4.79 Å². The second-order valence-electron chi connectivity index (χ2n) is 5.39. The molecule has 24 heavy (non-hydrogen) atoms. The van der Waals surface area contributed by atoms with Crippen molar-refractivity contribution in [1.29, 1.82) is 0 Å². The quantitative estimate of drug-likeness (QED) is 0.627. The Balaban J connectivity index is 1.73. The van der Waals surface area contributed by atoms with Crippen molar-refractivity contribution in [2.75, 3.05) is 17.2 Å². The molecular weight excluding hydrogens is 344 g/mol. The summed E-state index contributed by atoms with van der Waals surface area (Å²) in [6.45, 7) is 6.53. The first-order valence-electron chi connectivity index (χ1n) is 7.66. The zero-order valence-corrected chi connectivity index (χ0v) is 15.3. The highest BCUT2D eigenvalue weighted by Gasteiger charge is 2.20. The average Bonchev–Trinajstić information content (AvgIpc) is 3.20. The smallest absolute Gasteiger partial charge is 0.239 e. The second-order valence-corrected chi connectivity index (χ2v) is 7.34. The number of thioether (sulfide) groups is 1. The minimum Gasteiger partial charge on any atom is -0.288 e. The van der Waals surface area contributed by atoms with E-state index in [1.165, 1.54) is 23.1 Å². The molecule has 0 aliphatic rings. The van der Waals surface area contributed by atoms with E-state index in [0.717, 1.165) is 15.3 Å². The number of carbonyl (C=O) groups is 1. The molecule has 3 rings (SSSR count). The van der Waals surface area contributed by atoms with Crippen LogP contribution in [0.1, 0.15) is 26.8 Å². The number of hydrogen-bond donors (Lipinski definition) is 0. The summed E-state index contributed by atoms with van der Waals surface area (Å²) in [6.07, 6.45) is 0. The maximum atomic E-state index is 12.6. The molecule has 0 radical (unpaired) electrons. The lowest BCUT2D eigenvalue weighted by atomic mass is 10.3. The van der Waals surface area contributed by atoms with Crippen LogP contribution in [0.2, 0.25) is 0 Å². The van der Waals surface area contributed by atoms with Crippen molar-refractivity contribution in [1.82, 2.24) is 25.2 Å². The molecule has 0 saturated carbocycles. The second kappa shape index (κ2) is 7.27. The summed E-state index contributed by atoms with van der Waals surface area (Å²) >= 11 is 2.88. The largest absolute Gasteiger partial charge is 0.288 e. The first-order chi connectivity index (χ1) is 11.6. The monoisotopic (exact) mass is 362 g/mol. The molecule has 126 valence electrons. The fourth-order valence-electron chi connectivity index (χ4n) is 2.20. The Kier molecular flexibility index (Phi) is 5.10. The molecule has 9 heteroatoms. The van der Waals surface area contributed by atoms with Crippen LogP contribution in [0.25, 0.3) is 10.2 Å². The molecule has 0 N–H and O–H groups in total. The van der Waals surface area contributed by atoms with Gasteiger partial charge in [-0.15, -0.1) is 5.10 Å². The molecule has 0 aliphatic heterocycles. The van der Waals surface area contributed by atoms with Gasteiger partial charge in [0.15, 0.2) is 5.13 Å². The summed E-state index contributed by atoms with van der Waals surface area (Å²) in [4.78, 5) is 18.9. The lowest BCUT2D eigenvalue weighted by molar-refractivity contribution is -0.116. The van der Waals surface area contributed by atoms with Crippen molar-refractivity contribution >= 4 is 44.4 Å². The molecule has 0 saturated heterocycles. The zero-order valence-electron chi connectivity index (χ0n) is 13.7. The van der Waals surface area contributed by atoms with E-state index in [-0.39, 0.29) is 17.7 Å². The molecule has 3 aromatic rings. The number of rotatable bonds is 6. The molecule has 0 aliphatic carbocycles.